The van der Waals surface area contributed by atoms with E-state index in [1.54, 1.807) is 83.8 Å². The Morgan fingerprint density at radius 1 is 0.324 bits per heavy atom. The van der Waals surface area contributed by atoms with Gasteiger partial charge < -0.3 is 91.6 Å². The number of fused-ring (bicyclic) bond motifs is 24. The van der Waals surface area contributed by atoms with E-state index in [1.165, 1.54) is 18.2 Å². The van der Waals surface area contributed by atoms with E-state index in [-0.39, 0.29) is 23.6 Å². The quantitative estimate of drug-likeness (QED) is 0.0674. The van der Waals surface area contributed by atoms with Crippen molar-refractivity contribution in [3.8, 4) is 95.8 Å². The number of benzene rings is 6. The highest BCUT2D eigenvalue weighted by Gasteiger charge is 2.23. The second kappa shape index (κ2) is 47.8. The fraction of sp³-hybridized carbons (Fsp3) is 0.321. The summed E-state index contributed by atoms with van der Waals surface area (Å²) in [6.07, 6.45) is 26.0. The summed E-state index contributed by atoms with van der Waals surface area (Å²) < 4.78 is 82.9. The standard InChI is InChI=1S/C18H20FN5O.3C18H21N5O.C17H19FN6.C17H18FN5O/c1-23-9-2-7-20-8-10-25-13-3-4-15(19)14(11-13)16-12-21-17-5-6-18(23)22-24(16)17;1-22-10-8-19-7-3-11-24-15-5-2-4-14(12-15)16-13-20-23-9-6-17(22)21-18(16)23;1-13-11-19-7-3-8-20-17-6-9-23-18(22-17)16(12-21-23)14-4-2-5-15(10-14)24-13;1-22-8-3-7-19-17-6-9-23-18(21-17)16(13-20-23)14-4-2-5-15(12-14)24-11-10-22;18-15-3-2-12-10-13(15)14-11-22-24-9-4-16(23-17(14)24)21-8-7-19-5-1-6-20-12;18-15-3-2-12-10-13(15)14-11-21-23-8-4-16(22-17(14)23)24-9-1-5-19-6-7-20-12/h3-6,11-12,20H,2,7-10H2,1H3;2,4-6,9,12-13,19H,3,7-8,10-11H2,1H3;2,4-6,9-10,12-13,19H,3,7-8,11H2,1H3,(H,20,22);2,4-6,9,12-13H,3,7-8,10-11H2,1H3,(H,19,21);2-4,9-11,19-20H,1,5-8H2,(H,21,23);2-4,8,10-11,19-20H,1,5-7,9H2. The van der Waals surface area contributed by atoms with E-state index in [0.717, 1.165) is 271 Å². The SMILES string of the molecule is CC1CNCCCNc2ccn3ncc(c3n2)-c2cccc(c2)O1.CN1CCCNCCOc2ccc(F)c(c2)-c2cnc3ccc1nn23.CN1CCCNc2ccn3ncc(c3n2)-c2cccc(c2)OCC1.CN1CCNCCCOc2cccc(c2)-c2cnn3ccc1nc23.Fc1ccc2cc1-c1cnn3ccc(nc13)NCCNCCCN2.Fc1ccc2cc1-c1cnn3ccc(nc13)OCCCNCCN2. The van der Waals surface area contributed by atoms with Crippen molar-refractivity contribution in [1.82, 2.24) is 119 Å². The number of imidazole rings is 1. The van der Waals surface area contributed by atoms with Crippen molar-refractivity contribution in [3.05, 3.63) is 255 Å². The Hall–Kier alpha value is -15.8. The molecule has 0 spiro atoms. The summed E-state index contributed by atoms with van der Waals surface area (Å²) in [5, 5.41) is 60.1. The summed E-state index contributed by atoms with van der Waals surface area (Å²) in [7, 11) is 6.20. The monoisotopic (exact) mass is 1960 g/mol. The molecule has 0 saturated heterocycles. The largest absolute Gasteiger partial charge is 0.494 e. The molecule has 1 unspecified atom stereocenters. The molecule has 12 aromatic heterocycles. The normalized spacial score (nSPS) is 16.1. The van der Waals surface area contributed by atoms with Gasteiger partial charge in [-0.3, -0.25) is 0 Å². The summed E-state index contributed by atoms with van der Waals surface area (Å²) in [6, 6.07) is 52.6. The van der Waals surface area contributed by atoms with Crippen LogP contribution in [0.1, 0.15) is 45.4 Å². The fourth-order valence-corrected chi connectivity index (χ4v) is 17.3. The van der Waals surface area contributed by atoms with Crippen LogP contribution in [0.3, 0.4) is 0 Å². The Kier molecular flexibility index (Phi) is 32.3. The molecule has 0 aliphatic carbocycles. The maximum atomic E-state index is 14.4. The molecular weight excluding hydrogens is 1840 g/mol. The van der Waals surface area contributed by atoms with Gasteiger partial charge in [0.2, 0.25) is 5.88 Å². The Labute approximate surface area is 836 Å². The number of rotatable bonds is 0. The van der Waals surface area contributed by atoms with Gasteiger partial charge in [-0.2, -0.15) is 30.5 Å². The molecule has 6 aliphatic rings. The first kappa shape index (κ1) is 98.0. The minimum absolute atomic E-state index is 0.115. The molecule has 18 heterocycles. The van der Waals surface area contributed by atoms with Crippen LogP contribution in [0.2, 0.25) is 0 Å². The molecular formula is C106H120F3N31O5. The highest BCUT2D eigenvalue weighted by molar-refractivity contribution is 5.84. The Morgan fingerprint density at radius 3 is 1.44 bits per heavy atom. The smallest absolute Gasteiger partial charge is 0.216 e. The van der Waals surface area contributed by atoms with Crippen molar-refractivity contribution in [3.63, 3.8) is 0 Å². The highest BCUT2D eigenvalue weighted by Crippen LogP contribution is 2.37. The predicted molar refractivity (Wildman–Crippen MR) is 561 cm³/mol. The number of halogens is 3. The Morgan fingerprint density at radius 2 is 0.793 bits per heavy atom. The number of ether oxygens (including phenoxy) is 5. The van der Waals surface area contributed by atoms with Crippen LogP contribution in [-0.4, -0.2) is 271 Å². The summed E-state index contributed by atoms with van der Waals surface area (Å²) in [6.45, 7) is 21.2. The maximum absolute atomic E-state index is 14.4. The van der Waals surface area contributed by atoms with E-state index in [4.69, 9.17) is 38.6 Å². The minimum atomic E-state index is -0.322. The van der Waals surface area contributed by atoms with Gasteiger partial charge in [-0.25, -0.2) is 65.2 Å². The van der Waals surface area contributed by atoms with Gasteiger partial charge in [0, 0.05) is 192 Å². The number of likely N-dealkylation sites (N-methyl/N-ethyl adjacent to an activating group) is 2. The lowest BCUT2D eigenvalue weighted by molar-refractivity contribution is 0.217. The molecule has 10 N–H and O–H groups in total. The molecule has 24 rings (SSSR count). The molecule has 6 aliphatic heterocycles. The van der Waals surface area contributed by atoms with E-state index in [9.17, 15) is 13.2 Å². The van der Waals surface area contributed by atoms with Gasteiger partial charge in [-0.1, -0.05) is 36.4 Å². The van der Waals surface area contributed by atoms with Gasteiger partial charge in [-0.05, 0) is 236 Å². The van der Waals surface area contributed by atoms with Crippen LogP contribution >= 0.6 is 0 Å². The predicted octanol–water partition coefficient (Wildman–Crippen LogP) is 14.3. The van der Waals surface area contributed by atoms with Crippen LogP contribution in [0.4, 0.5) is 53.6 Å². The van der Waals surface area contributed by atoms with Crippen LogP contribution < -0.4 is 86.7 Å². The van der Waals surface area contributed by atoms with Crippen molar-refractivity contribution in [2.75, 3.05) is 208 Å². The minimum Gasteiger partial charge on any atom is -0.494 e. The Bertz CT molecular complexity index is 7230. The van der Waals surface area contributed by atoms with Gasteiger partial charge >= 0.3 is 0 Å². The average molecular weight is 1970 g/mol. The lowest BCUT2D eigenvalue weighted by atomic mass is 10.1. The average Bonchev–Trinajstić information content (AvgIpc) is 1.66. The zero-order chi connectivity index (χ0) is 99.0. The van der Waals surface area contributed by atoms with Gasteiger partial charge in [0.25, 0.3) is 0 Å². The summed E-state index contributed by atoms with van der Waals surface area (Å²) in [4.78, 5) is 34.3. The zero-order valence-corrected chi connectivity index (χ0v) is 81.7. The molecule has 36 nitrogen and oxygen atoms in total. The number of nitrogens with zero attached hydrogens (tertiary/aromatic N) is 21. The molecule has 0 saturated carbocycles. The third-order valence-electron chi connectivity index (χ3n) is 25.1. The van der Waals surface area contributed by atoms with E-state index < -0.39 is 0 Å². The van der Waals surface area contributed by atoms with Gasteiger partial charge in [0.15, 0.2) is 33.9 Å². The van der Waals surface area contributed by atoms with E-state index >= 15 is 0 Å². The van der Waals surface area contributed by atoms with Crippen LogP contribution in [-0.2, 0) is 0 Å². The first-order valence-corrected chi connectivity index (χ1v) is 49.5. The molecule has 24 bridgehead atoms. The van der Waals surface area contributed by atoms with Crippen molar-refractivity contribution < 1.29 is 36.9 Å². The van der Waals surface area contributed by atoms with E-state index in [0.29, 0.717) is 88.5 Å². The first-order valence-electron chi connectivity index (χ1n) is 49.5. The van der Waals surface area contributed by atoms with Crippen LogP contribution in [0, 0.1) is 17.5 Å². The van der Waals surface area contributed by atoms with Crippen molar-refractivity contribution in [1.29, 1.82) is 0 Å². The van der Waals surface area contributed by atoms with E-state index in [1.807, 2.05) is 134 Å². The summed E-state index contributed by atoms with van der Waals surface area (Å²) in [5.41, 5.74) is 15.8. The second-order valence-corrected chi connectivity index (χ2v) is 35.8. The zero-order valence-electron chi connectivity index (χ0n) is 81.7. The maximum Gasteiger partial charge on any atom is 0.216 e. The van der Waals surface area contributed by atoms with Gasteiger partial charge in [0.1, 0.15) is 88.9 Å². The number of nitrogens with one attached hydrogen (secondary N) is 10. The number of hydrogen-bond donors (Lipinski definition) is 10. The molecule has 0 radical (unpaired) electrons. The lowest BCUT2D eigenvalue weighted by Crippen LogP contribution is -2.30. The van der Waals surface area contributed by atoms with Crippen LogP contribution in [0.25, 0.3) is 101 Å². The summed E-state index contributed by atoms with van der Waals surface area (Å²) >= 11 is 0. The molecule has 145 heavy (non-hydrogen) atoms. The van der Waals surface area contributed by atoms with Crippen molar-refractivity contribution in [2.24, 2.45) is 0 Å². The van der Waals surface area contributed by atoms with Gasteiger partial charge in [-0.15, -0.1) is 5.10 Å². The number of anilines is 7. The highest BCUT2D eigenvalue weighted by atomic mass is 19.1. The molecule has 0 amide bonds. The third kappa shape index (κ3) is 25.1. The third-order valence-corrected chi connectivity index (χ3v) is 25.1. The fourth-order valence-electron chi connectivity index (χ4n) is 17.3. The molecule has 6 aromatic carbocycles. The molecule has 1 atom stereocenters. The molecule has 18 aromatic rings. The van der Waals surface area contributed by atoms with Crippen molar-refractivity contribution in [2.45, 2.75) is 51.6 Å². The topological polar surface area (TPSA) is 357 Å². The van der Waals surface area contributed by atoms with Gasteiger partial charge in [0.05, 0.1) is 56.1 Å². The second-order valence-electron chi connectivity index (χ2n) is 35.8. The molecule has 750 valence electrons. The van der Waals surface area contributed by atoms with Crippen molar-refractivity contribution >= 4 is 74.3 Å². The first-order chi connectivity index (χ1) is 71.2. The summed E-state index contributed by atoms with van der Waals surface area (Å²) in [5.74, 6) is 7.19. The number of hydrogen-bond acceptors (Lipinski definition) is 30. The Balaban J connectivity index is 0.000000110. The molecule has 0 fully saturated rings. The van der Waals surface area contributed by atoms with E-state index in [2.05, 4.69) is 171 Å². The molecule has 39 heteroatoms. The number of aromatic nitrogens is 18. The van der Waals surface area contributed by atoms with Crippen LogP contribution in [0.15, 0.2) is 238 Å². The van der Waals surface area contributed by atoms with Crippen LogP contribution in [0.5, 0.6) is 28.9 Å². The lowest BCUT2D eigenvalue weighted by Gasteiger charge is -2.18.